The SMILES string of the molecule is N[C@H]1C(O)O[C@H](CO)[C@H](O)[C@@H]1O.[Ca]. The first-order valence-electron chi connectivity index (χ1n) is 3.64. The quantitative estimate of drug-likeness (QED) is 0.291. The zero-order valence-corrected chi connectivity index (χ0v) is 9.28. The minimum Gasteiger partial charge on any atom is -0.394 e. The molecule has 0 bridgehead atoms. The van der Waals surface area contributed by atoms with Crippen molar-refractivity contribution in [1.29, 1.82) is 0 Å². The molecule has 0 aromatic carbocycles. The van der Waals surface area contributed by atoms with Crippen LogP contribution in [0, 0.1) is 0 Å². The van der Waals surface area contributed by atoms with Crippen molar-refractivity contribution in [2.24, 2.45) is 5.73 Å². The van der Waals surface area contributed by atoms with E-state index in [0.717, 1.165) is 0 Å². The molecule has 0 aromatic rings. The predicted molar refractivity (Wildman–Crippen MR) is 43.7 cm³/mol. The first-order chi connectivity index (χ1) is 5.57. The van der Waals surface area contributed by atoms with Gasteiger partial charge in [-0.3, -0.25) is 0 Å². The van der Waals surface area contributed by atoms with E-state index in [0.29, 0.717) is 0 Å². The average Bonchev–Trinajstić information content (AvgIpc) is 2.08. The maximum atomic E-state index is 9.20. The number of aliphatic hydroxyl groups excluding tert-OH is 4. The minimum atomic E-state index is -1.35. The van der Waals surface area contributed by atoms with Crippen molar-refractivity contribution in [2.75, 3.05) is 6.61 Å². The zero-order chi connectivity index (χ0) is 9.30. The number of rotatable bonds is 1. The molecule has 0 amide bonds. The first-order valence-corrected chi connectivity index (χ1v) is 3.64. The van der Waals surface area contributed by atoms with Crippen LogP contribution in [0.1, 0.15) is 0 Å². The molecule has 1 heterocycles. The van der Waals surface area contributed by atoms with Crippen LogP contribution in [0.2, 0.25) is 0 Å². The van der Waals surface area contributed by atoms with Gasteiger partial charge in [0, 0.05) is 37.7 Å². The standard InChI is InChI=1S/C6H13NO5.Ca/c7-3-5(10)4(9)2(1-8)12-6(3)11;/h2-6,8-11H,1,7H2;/t2-,3-,4+,5-,6?;/m1./s1. The molecule has 1 aliphatic rings. The third kappa shape index (κ3) is 2.98. The zero-order valence-electron chi connectivity index (χ0n) is 7.08. The predicted octanol–water partition coefficient (Wildman–Crippen LogP) is -3.64. The summed E-state index contributed by atoms with van der Waals surface area (Å²) in [5.41, 5.74) is 5.26. The molecule has 74 valence electrons. The van der Waals surface area contributed by atoms with E-state index in [2.05, 4.69) is 0 Å². The van der Waals surface area contributed by atoms with Gasteiger partial charge in [-0.2, -0.15) is 0 Å². The monoisotopic (exact) mass is 219 g/mol. The summed E-state index contributed by atoms with van der Waals surface area (Å²) in [6.07, 6.45) is -4.85. The third-order valence-electron chi connectivity index (χ3n) is 1.95. The Bertz CT molecular complexity index is 155. The van der Waals surface area contributed by atoms with Crippen LogP contribution in [0.3, 0.4) is 0 Å². The second-order valence-corrected chi connectivity index (χ2v) is 2.81. The summed E-state index contributed by atoms with van der Waals surface area (Å²) in [4.78, 5) is 0. The number of nitrogens with two attached hydrogens (primary N) is 1. The van der Waals surface area contributed by atoms with Gasteiger partial charge >= 0.3 is 0 Å². The van der Waals surface area contributed by atoms with Gasteiger partial charge in [0.2, 0.25) is 0 Å². The van der Waals surface area contributed by atoms with Gasteiger partial charge in [-0.15, -0.1) is 0 Å². The molecule has 1 rings (SSSR count). The Morgan fingerprint density at radius 3 is 2.15 bits per heavy atom. The molecule has 1 saturated heterocycles. The Morgan fingerprint density at radius 1 is 1.15 bits per heavy atom. The summed E-state index contributed by atoms with van der Waals surface area (Å²) in [6, 6.07) is -1.04. The van der Waals surface area contributed by atoms with Gasteiger partial charge in [0.05, 0.1) is 12.6 Å². The molecular weight excluding hydrogens is 206 g/mol. The molecule has 2 radical (unpaired) electrons. The van der Waals surface area contributed by atoms with E-state index >= 15 is 0 Å². The minimum absolute atomic E-state index is 0. The molecule has 1 fully saturated rings. The van der Waals surface area contributed by atoms with E-state index < -0.39 is 37.3 Å². The van der Waals surface area contributed by atoms with Gasteiger partial charge in [-0.25, -0.2) is 0 Å². The van der Waals surface area contributed by atoms with Gasteiger partial charge in [0.1, 0.15) is 18.3 Å². The number of ether oxygens (including phenoxy) is 1. The molecule has 13 heavy (non-hydrogen) atoms. The molecule has 7 heteroatoms. The van der Waals surface area contributed by atoms with Crippen LogP contribution in [0.15, 0.2) is 0 Å². The largest absolute Gasteiger partial charge is 0.394 e. The molecule has 0 spiro atoms. The average molecular weight is 219 g/mol. The van der Waals surface area contributed by atoms with Crippen molar-refractivity contribution in [3.8, 4) is 0 Å². The fourth-order valence-corrected chi connectivity index (χ4v) is 1.12. The van der Waals surface area contributed by atoms with E-state index in [1.165, 1.54) is 0 Å². The molecule has 6 nitrogen and oxygen atoms in total. The molecule has 0 saturated carbocycles. The molecule has 0 aromatic heterocycles. The Morgan fingerprint density at radius 2 is 1.69 bits per heavy atom. The summed E-state index contributed by atoms with van der Waals surface area (Å²) in [7, 11) is 0. The van der Waals surface area contributed by atoms with Gasteiger partial charge in [-0.05, 0) is 0 Å². The smallest absolute Gasteiger partial charge is 0.173 e. The van der Waals surface area contributed by atoms with Gasteiger partial charge in [0.25, 0.3) is 0 Å². The number of hydrogen-bond donors (Lipinski definition) is 5. The van der Waals surface area contributed by atoms with Crippen LogP contribution >= 0.6 is 0 Å². The van der Waals surface area contributed by atoms with Gasteiger partial charge in [0.15, 0.2) is 6.29 Å². The van der Waals surface area contributed by atoms with Crippen molar-refractivity contribution >= 4 is 37.7 Å². The fourth-order valence-electron chi connectivity index (χ4n) is 1.12. The Kier molecular flexibility index (Phi) is 6.25. The van der Waals surface area contributed by atoms with Crippen LogP contribution in [0.25, 0.3) is 0 Å². The molecular formula is C6H13CaNO5. The third-order valence-corrected chi connectivity index (χ3v) is 1.95. The fraction of sp³-hybridized carbons (Fsp3) is 1.00. The van der Waals surface area contributed by atoms with Crippen LogP contribution in [0.5, 0.6) is 0 Å². The molecule has 1 unspecified atom stereocenters. The Balaban J connectivity index is 0.00000144. The normalized spacial score (nSPS) is 45.5. The molecule has 5 atom stereocenters. The van der Waals surface area contributed by atoms with Gasteiger partial charge in [-0.1, -0.05) is 0 Å². The van der Waals surface area contributed by atoms with E-state index in [4.69, 9.17) is 20.7 Å². The van der Waals surface area contributed by atoms with Crippen LogP contribution < -0.4 is 5.73 Å². The van der Waals surface area contributed by atoms with Crippen molar-refractivity contribution in [3.05, 3.63) is 0 Å². The number of aliphatic hydroxyl groups is 4. The van der Waals surface area contributed by atoms with E-state index in [-0.39, 0.29) is 37.7 Å². The van der Waals surface area contributed by atoms with Crippen molar-refractivity contribution in [1.82, 2.24) is 0 Å². The van der Waals surface area contributed by atoms with E-state index in [1.54, 1.807) is 0 Å². The summed E-state index contributed by atoms with van der Waals surface area (Å²) in [6.45, 7) is -0.470. The second kappa shape index (κ2) is 5.79. The van der Waals surface area contributed by atoms with Crippen molar-refractivity contribution in [2.45, 2.75) is 30.6 Å². The van der Waals surface area contributed by atoms with Crippen molar-refractivity contribution < 1.29 is 25.2 Å². The maximum absolute atomic E-state index is 9.20. The van der Waals surface area contributed by atoms with Crippen LogP contribution in [0.4, 0.5) is 0 Å². The summed E-state index contributed by atoms with van der Waals surface area (Å²) >= 11 is 0. The molecule has 6 N–H and O–H groups in total. The Hall–Kier alpha value is 1.02. The van der Waals surface area contributed by atoms with Crippen LogP contribution in [-0.2, 0) is 4.74 Å². The molecule has 1 aliphatic heterocycles. The van der Waals surface area contributed by atoms with E-state index in [1.807, 2.05) is 0 Å². The molecule has 0 aliphatic carbocycles. The first kappa shape index (κ1) is 14.0. The summed E-state index contributed by atoms with van der Waals surface area (Å²) in [5, 5.41) is 36.1. The van der Waals surface area contributed by atoms with Crippen LogP contribution in [-0.4, -0.2) is 95.4 Å². The summed E-state index contributed by atoms with van der Waals surface area (Å²) in [5.74, 6) is 0. The topological polar surface area (TPSA) is 116 Å². The van der Waals surface area contributed by atoms with E-state index in [9.17, 15) is 10.2 Å². The van der Waals surface area contributed by atoms with Crippen molar-refractivity contribution in [3.63, 3.8) is 0 Å². The van der Waals surface area contributed by atoms with Gasteiger partial charge < -0.3 is 30.9 Å². The Labute approximate surface area is 105 Å². The maximum Gasteiger partial charge on any atom is 0.173 e. The second-order valence-electron chi connectivity index (χ2n) is 2.81. The number of hydrogen-bond acceptors (Lipinski definition) is 6. The summed E-state index contributed by atoms with van der Waals surface area (Å²) < 4.78 is 4.70.